The maximum Gasteiger partial charge on any atom is 0.422 e. The molecule has 2 N–H and O–H groups in total. The van der Waals surface area contributed by atoms with Gasteiger partial charge in [0.1, 0.15) is 6.26 Å². The minimum atomic E-state index is -4.44. The third kappa shape index (κ3) is 7.70. The number of pyridine rings is 1. The molecule has 0 saturated carbocycles. The number of halogens is 4. The van der Waals surface area contributed by atoms with Gasteiger partial charge in [-0.1, -0.05) is 23.8 Å². The summed E-state index contributed by atoms with van der Waals surface area (Å²) in [4.78, 5) is 12.4. The van der Waals surface area contributed by atoms with Crippen molar-refractivity contribution in [2.75, 3.05) is 13.7 Å². The monoisotopic (exact) mass is 561 g/mol. The molecule has 0 aliphatic heterocycles. The molecule has 0 unspecified atom stereocenters. The van der Waals surface area contributed by atoms with Crippen molar-refractivity contribution in [3.63, 3.8) is 0 Å². The van der Waals surface area contributed by atoms with Gasteiger partial charge in [0.25, 0.3) is 0 Å². The second-order valence-corrected chi connectivity index (χ2v) is 6.66. The predicted molar refractivity (Wildman–Crippen MR) is 125 cm³/mol. The summed E-state index contributed by atoms with van der Waals surface area (Å²) < 4.78 is 47.6. The Bertz CT molecular complexity index is 1020. The summed E-state index contributed by atoms with van der Waals surface area (Å²) in [6.45, 7) is 1.12. The zero-order valence-corrected chi connectivity index (χ0v) is 19.8. The number of aromatic nitrogens is 2. The number of aryl methyl sites for hydroxylation is 1. The highest BCUT2D eigenvalue weighted by atomic mass is 127. The second-order valence-electron chi connectivity index (χ2n) is 6.66. The molecule has 0 aliphatic carbocycles. The van der Waals surface area contributed by atoms with Crippen LogP contribution in [0.15, 0.2) is 58.3 Å². The number of nitrogens with one attached hydrogen (secondary N) is 2. The van der Waals surface area contributed by atoms with E-state index in [0.717, 1.165) is 11.1 Å². The van der Waals surface area contributed by atoms with Crippen LogP contribution in [0.3, 0.4) is 0 Å². The fraction of sp³-hybridized carbons (Fsp3) is 0.286. The van der Waals surface area contributed by atoms with Crippen molar-refractivity contribution in [1.29, 1.82) is 0 Å². The van der Waals surface area contributed by atoms with Gasteiger partial charge in [0.15, 0.2) is 12.6 Å². The van der Waals surface area contributed by atoms with E-state index < -0.39 is 12.8 Å². The number of guanidine groups is 1. The predicted octanol–water partition coefficient (Wildman–Crippen LogP) is 4.47. The lowest BCUT2D eigenvalue weighted by Crippen LogP contribution is -2.36. The summed E-state index contributed by atoms with van der Waals surface area (Å²) in [6, 6.07) is 11.1. The lowest BCUT2D eigenvalue weighted by atomic mass is 10.1. The molecule has 2 aromatic heterocycles. The number of rotatable bonds is 7. The van der Waals surface area contributed by atoms with Crippen LogP contribution in [0.4, 0.5) is 13.2 Å². The molecule has 172 valence electrons. The molecule has 0 fully saturated rings. The van der Waals surface area contributed by atoms with E-state index in [-0.39, 0.29) is 36.4 Å². The molecule has 3 rings (SSSR count). The molecular formula is C21H23F3IN5O2. The summed E-state index contributed by atoms with van der Waals surface area (Å²) in [5.41, 5.74) is 3.17. The highest BCUT2D eigenvalue weighted by Crippen LogP contribution is 2.20. The number of alkyl halides is 3. The van der Waals surface area contributed by atoms with Gasteiger partial charge in [0, 0.05) is 30.9 Å². The fourth-order valence-corrected chi connectivity index (χ4v) is 2.63. The first kappa shape index (κ1) is 25.4. The first-order valence-corrected chi connectivity index (χ1v) is 9.43. The van der Waals surface area contributed by atoms with Crippen molar-refractivity contribution in [1.82, 2.24) is 20.6 Å². The number of benzene rings is 1. The van der Waals surface area contributed by atoms with E-state index in [0.29, 0.717) is 29.7 Å². The van der Waals surface area contributed by atoms with Crippen LogP contribution in [0, 0.1) is 6.92 Å². The Balaban J connectivity index is 0.00000363. The van der Waals surface area contributed by atoms with Crippen LogP contribution in [0.25, 0.3) is 11.5 Å². The van der Waals surface area contributed by atoms with Crippen LogP contribution in [0.2, 0.25) is 0 Å². The van der Waals surface area contributed by atoms with E-state index in [2.05, 4.69) is 25.6 Å². The quantitative estimate of drug-likeness (QED) is 0.252. The third-order valence-corrected chi connectivity index (χ3v) is 4.18. The highest BCUT2D eigenvalue weighted by molar-refractivity contribution is 14.0. The minimum absolute atomic E-state index is 0. The fourth-order valence-electron chi connectivity index (χ4n) is 2.63. The molecule has 0 spiro atoms. The van der Waals surface area contributed by atoms with E-state index in [9.17, 15) is 13.2 Å². The molecule has 11 heteroatoms. The molecule has 1 aromatic carbocycles. The maximum absolute atomic E-state index is 12.4. The van der Waals surface area contributed by atoms with Crippen LogP contribution >= 0.6 is 24.0 Å². The van der Waals surface area contributed by atoms with E-state index in [1.165, 1.54) is 6.20 Å². The SMILES string of the molecule is CN=C(NCc1coc(-c2ccc(C)cc2)n1)NCc1cccnc1OCC(F)(F)F.I. The molecule has 0 amide bonds. The van der Waals surface area contributed by atoms with E-state index >= 15 is 0 Å². The van der Waals surface area contributed by atoms with Gasteiger partial charge in [-0.05, 0) is 25.1 Å². The second kappa shape index (κ2) is 11.7. The van der Waals surface area contributed by atoms with Crippen molar-refractivity contribution in [3.05, 3.63) is 65.7 Å². The molecule has 0 bridgehead atoms. The molecule has 0 atom stereocenters. The van der Waals surface area contributed by atoms with E-state index in [1.54, 1.807) is 25.4 Å². The van der Waals surface area contributed by atoms with Gasteiger partial charge in [0.05, 0.1) is 12.2 Å². The molecule has 0 saturated heterocycles. The van der Waals surface area contributed by atoms with E-state index in [1.807, 2.05) is 31.2 Å². The lowest BCUT2D eigenvalue weighted by molar-refractivity contribution is -0.154. The van der Waals surface area contributed by atoms with Crippen molar-refractivity contribution in [2.24, 2.45) is 4.99 Å². The Labute approximate surface area is 200 Å². The zero-order chi connectivity index (χ0) is 22.3. The van der Waals surface area contributed by atoms with Gasteiger partial charge in [-0.25, -0.2) is 9.97 Å². The molecular weight excluding hydrogens is 538 g/mol. The Morgan fingerprint density at radius 1 is 1.12 bits per heavy atom. The van der Waals surface area contributed by atoms with Crippen LogP contribution < -0.4 is 15.4 Å². The summed E-state index contributed by atoms with van der Waals surface area (Å²) in [5.74, 6) is 0.870. The highest BCUT2D eigenvalue weighted by Gasteiger charge is 2.29. The number of hydrogen-bond donors (Lipinski definition) is 2. The summed E-state index contributed by atoms with van der Waals surface area (Å²) in [6.07, 6.45) is -1.51. The average molecular weight is 561 g/mol. The summed E-state index contributed by atoms with van der Waals surface area (Å²) in [5, 5.41) is 6.10. The third-order valence-electron chi connectivity index (χ3n) is 4.18. The Kier molecular flexibility index (Phi) is 9.29. The first-order valence-electron chi connectivity index (χ1n) is 9.43. The van der Waals surface area contributed by atoms with Crippen LogP contribution in [0.1, 0.15) is 16.8 Å². The summed E-state index contributed by atoms with van der Waals surface area (Å²) in [7, 11) is 1.58. The molecule has 32 heavy (non-hydrogen) atoms. The van der Waals surface area contributed by atoms with Crippen LogP contribution in [0.5, 0.6) is 5.88 Å². The van der Waals surface area contributed by atoms with Crippen molar-refractivity contribution in [2.45, 2.75) is 26.2 Å². The van der Waals surface area contributed by atoms with E-state index in [4.69, 9.17) is 9.15 Å². The van der Waals surface area contributed by atoms with Crippen LogP contribution in [-0.4, -0.2) is 35.8 Å². The van der Waals surface area contributed by atoms with Crippen molar-refractivity contribution in [3.8, 4) is 17.3 Å². The van der Waals surface area contributed by atoms with Gasteiger partial charge in [-0.3, -0.25) is 4.99 Å². The lowest BCUT2D eigenvalue weighted by Gasteiger charge is -2.14. The molecule has 2 heterocycles. The minimum Gasteiger partial charge on any atom is -0.468 e. The first-order chi connectivity index (χ1) is 14.8. The smallest absolute Gasteiger partial charge is 0.422 e. The zero-order valence-electron chi connectivity index (χ0n) is 17.4. The number of aliphatic imine (C=N–C) groups is 1. The van der Waals surface area contributed by atoms with Gasteiger partial charge in [0.2, 0.25) is 11.8 Å². The molecule has 0 aliphatic rings. The number of oxazole rings is 1. The molecule has 3 aromatic rings. The molecule has 0 radical (unpaired) electrons. The van der Waals surface area contributed by atoms with Gasteiger partial charge in [-0.15, -0.1) is 24.0 Å². The standard InChI is InChI=1S/C21H22F3N5O2.HI/c1-14-5-7-15(8-6-14)19-29-17(12-30-19)11-28-20(25-2)27-10-16-4-3-9-26-18(16)31-13-21(22,23)24;/h3-9,12H,10-11,13H2,1-2H3,(H2,25,27,28);1H. The topological polar surface area (TPSA) is 84.6 Å². The Morgan fingerprint density at radius 2 is 1.84 bits per heavy atom. The number of ether oxygens (including phenoxy) is 1. The maximum atomic E-state index is 12.4. The Hall–Kier alpha value is -2.83. The molecule has 7 nitrogen and oxygen atoms in total. The van der Waals surface area contributed by atoms with Gasteiger partial charge in [-0.2, -0.15) is 13.2 Å². The average Bonchev–Trinajstić information content (AvgIpc) is 3.22. The summed E-state index contributed by atoms with van der Waals surface area (Å²) >= 11 is 0. The van der Waals surface area contributed by atoms with Gasteiger partial charge >= 0.3 is 6.18 Å². The van der Waals surface area contributed by atoms with Crippen molar-refractivity contribution >= 4 is 29.9 Å². The largest absolute Gasteiger partial charge is 0.468 e. The van der Waals surface area contributed by atoms with Gasteiger partial charge < -0.3 is 19.8 Å². The normalized spacial score (nSPS) is 11.6. The number of nitrogens with zero attached hydrogens (tertiary/aromatic N) is 3. The number of hydrogen-bond acceptors (Lipinski definition) is 5. The van der Waals surface area contributed by atoms with Crippen LogP contribution in [-0.2, 0) is 13.1 Å². The Morgan fingerprint density at radius 3 is 2.53 bits per heavy atom. The van der Waals surface area contributed by atoms with Crippen molar-refractivity contribution < 1.29 is 22.3 Å².